The molecule has 0 bridgehead atoms. The second-order valence-corrected chi connectivity index (χ2v) is 10.1. The standard InChI is InChI=1S/C21H23N3O3S2/c1-15-6-8-17(13-20(15)29(26,27)24-10-4-2-3-5-11-24)23-21(25)16-7-9-18-19(12-16)28-14-22-18/h6-9,12-14H,2-5,10-11H2,1H3,(H,23,25). The minimum Gasteiger partial charge on any atom is -0.322 e. The average molecular weight is 430 g/mol. The zero-order chi connectivity index (χ0) is 20.4. The predicted molar refractivity (Wildman–Crippen MR) is 116 cm³/mol. The van der Waals surface area contributed by atoms with Crippen LogP contribution in [-0.2, 0) is 10.0 Å². The lowest BCUT2D eigenvalue weighted by atomic mass is 10.2. The van der Waals surface area contributed by atoms with Crippen LogP contribution in [0.3, 0.4) is 0 Å². The molecule has 4 rings (SSSR count). The summed E-state index contributed by atoms with van der Waals surface area (Å²) in [5, 5.41) is 2.83. The van der Waals surface area contributed by atoms with Crippen molar-refractivity contribution in [3.8, 4) is 0 Å². The molecule has 1 N–H and O–H groups in total. The summed E-state index contributed by atoms with van der Waals surface area (Å²) in [6.07, 6.45) is 3.89. The summed E-state index contributed by atoms with van der Waals surface area (Å²) in [5.41, 5.74) is 4.26. The summed E-state index contributed by atoms with van der Waals surface area (Å²) in [5.74, 6) is -0.276. The Balaban J connectivity index is 1.59. The van der Waals surface area contributed by atoms with E-state index in [-0.39, 0.29) is 10.8 Å². The lowest BCUT2D eigenvalue weighted by Gasteiger charge is -2.21. The van der Waals surface area contributed by atoms with Crippen molar-refractivity contribution in [3.05, 3.63) is 53.0 Å². The molecule has 1 aliphatic rings. The number of benzene rings is 2. The Bertz CT molecular complexity index is 1150. The third-order valence-corrected chi connectivity index (χ3v) is 8.05. The van der Waals surface area contributed by atoms with E-state index in [0.717, 1.165) is 35.9 Å². The summed E-state index contributed by atoms with van der Waals surface area (Å²) in [6, 6.07) is 10.4. The van der Waals surface area contributed by atoms with Crippen LogP contribution in [-0.4, -0.2) is 36.7 Å². The Morgan fingerprint density at radius 3 is 2.59 bits per heavy atom. The van der Waals surface area contributed by atoms with Crippen molar-refractivity contribution in [2.75, 3.05) is 18.4 Å². The van der Waals surface area contributed by atoms with Crippen molar-refractivity contribution < 1.29 is 13.2 Å². The highest BCUT2D eigenvalue weighted by Crippen LogP contribution is 2.26. The lowest BCUT2D eigenvalue weighted by Crippen LogP contribution is -2.32. The van der Waals surface area contributed by atoms with E-state index in [1.54, 1.807) is 47.1 Å². The van der Waals surface area contributed by atoms with E-state index in [1.165, 1.54) is 11.3 Å². The molecule has 1 fully saturated rings. The molecular formula is C21H23N3O3S2. The van der Waals surface area contributed by atoms with E-state index >= 15 is 0 Å². The predicted octanol–water partition coefficient (Wildman–Crippen LogP) is 4.42. The monoisotopic (exact) mass is 429 g/mol. The van der Waals surface area contributed by atoms with Gasteiger partial charge in [-0.2, -0.15) is 4.31 Å². The maximum atomic E-state index is 13.2. The van der Waals surface area contributed by atoms with E-state index in [4.69, 9.17) is 0 Å². The molecule has 2 heterocycles. The first-order valence-electron chi connectivity index (χ1n) is 9.70. The van der Waals surface area contributed by atoms with Crippen molar-refractivity contribution in [3.63, 3.8) is 0 Å². The number of fused-ring (bicyclic) bond motifs is 1. The van der Waals surface area contributed by atoms with Gasteiger partial charge in [-0.15, -0.1) is 11.3 Å². The van der Waals surface area contributed by atoms with Crippen LogP contribution in [0.4, 0.5) is 5.69 Å². The molecule has 1 aromatic heterocycles. The van der Waals surface area contributed by atoms with Crippen molar-refractivity contribution in [2.24, 2.45) is 0 Å². The van der Waals surface area contributed by atoms with Crippen molar-refractivity contribution in [1.82, 2.24) is 9.29 Å². The molecule has 0 atom stereocenters. The van der Waals surface area contributed by atoms with E-state index in [9.17, 15) is 13.2 Å². The SMILES string of the molecule is Cc1ccc(NC(=O)c2ccc3ncsc3c2)cc1S(=O)(=O)N1CCCCCC1. The molecule has 6 nitrogen and oxygen atoms in total. The minimum atomic E-state index is -3.58. The van der Waals surface area contributed by atoms with Crippen LogP contribution in [0.15, 0.2) is 46.8 Å². The fourth-order valence-electron chi connectivity index (χ4n) is 3.58. The van der Waals surface area contributed by atoms with Gasteiger partial charge in [-0.05, 0) is 55.7 Å². The molecule has 0 radical (unpaired) electrons. The number of hydrogen-bond donors (Lipinski definition) is 1. The number of rotatable bonds is 4. The summed E-state index contributed by atoms with van der Waals surface area (Å²) in [6.45, 7) is 2.88. The van der Waals surface area contributed by atoms with Gasteiger partial charge in [-0.1, -0.05) is 18.9 Å². The van der Waals surface area contributed by atoms with Gasteiger partial charge in [0, 0.05) is 24.3 Å². The number of carbonyl (C=O) groups excluding carboxylic acids is 1. The summed E-state index contributed by atoms with van der Waals surface area (Å²) in [4.78, 5) is 17.2. The van der Waals surface area contributed by atoms with Gasteiger partial charge in [0.2, 0.25) is 10.0 Å². The quantitative estimate of drug-likeness (QED) is 0.666. The third kappa shape index (κ3) is 4.19. The Morgan fingerprint density at radius 1 is 1.07 bits per heavy atom. The second-order valence-electron chi connectivity index (χ2n) is 7.29. The average Bonchev–Trinajstić information content (AvgIpc) is 3.00. The molecule has 8 heteroatoms. The largest absolute Gasteiger partial charge is 0.322 e. The lowest BCUT2D eigenvalue weighted by molar-refractivity contribution is 0.102. The number of aryl methyl sites for hydroxylation is 1. The molecule has 1 saturated heterocycles. The number of amides is 1. The molecule has 29 heavy (non-hydrogen) atoms. The molecule has 0 aliphatic carbocycles. The number of sulfonamides is 1. The summed E-state index contributed by atoms with van der Waals surface area (Å²) < 4.78 is 28.9. The molecule has 0 saturated carbocycles. The van der Waals surface area contributed by atoms with Gasteiger partial charge >= 0.3 is 0 Å². The van der Waals surface area contributed by atoms with Gasteiger partial charge in [0.15, 0.2) is 0 Å². The van der Waals surface area contributed by atoms with E-state index in [2.05, 4.69) is 10.3 Å². The molecule has 152 valence electrons. The first-order chi connectivity index (χ1) is 13.9. The summed E-state index contributed by atoms with van der Waals surface area (Å²) in [7, 11) is -3.58. The zero-order valence-corrected chi connectivity index (χ0v) is 17.9. The van der Waals surface area contributed by atoms with Crippen LogP contribution in [0.5, 0.6) is 0 Å². The zero-order valence-electron chi connectivity index (χ0n) is 16.2. The first kappa shape index (κ1) is 20.0. The van der Waals surface area contributed by atoms with Crippen molar-refractivity contribution in [1.29, 1.82) is 0 Å². The van der Waals surface area contributed by atoms with Gasteiger partial charge in [-0.3, -0.25) is 4.79 Å². The van der Waals surface area contributed by atoms with Gasteiger partial charge < -0.3 is 5.32 Å². The Hall–Kier alpha value is -2.29. The highest BCUT2D eigenvalue weighted by molar-refractivity contribution is 7.89. The third-order valence-electron chi connectivity index (χ3n) is 5.22. The fourth-order valence-corrected chi connectivity index (χ4v) is 6.06. The molecule has 0 spiro atoms. The highest BCUT2D eigenvalue weighted by atomic mass is 32.2. The Morgan fingerprint density at radius 2 is 1.83 bits per heavy atom. The van der Waals surface area contributed by atoms with Gasteiger partial charge in [0.05, 0.1) is 20.6 Å². The maximum absolute atomic E-state index is 13.2. The molecule has 2 aromatic carbocycles. The number of thiazole rings is 1. The molecule has 3 aromatic rings. The smallest absolute Gasteiger partial charge is 0.255 e. The highest BCUT2D eigenvalue weighted by Gasteiger charge is 2.27. The summed E-state index contributed by atoms with van der Waals surface area (Å²) >= 11 is 1.47. The number of anilines is 1. The Labute approximate surface area is 174 Å². The topological polar surface area (TPSA) is 79.4 Å². The first-order valence-corrected chi connectivity index (χ1v) is 12.0. The van der Waals surface area contributed by atoms with Crippen LogP contribution >= 0.6 is 11.3 Å². The number of carbonyl (C=O) groups is 1. The van der Waals surface area contributed by atoms with Crippen LogP contribution in [0.2, 0.25) is 0 Å². The number of nitrogens with zero attached hydrogens (tertiary/aromatic N) is 2. The van der Waals surface area contributed by atoms with Crippen LogP contribution in [0.25, 0.3) is 10.2 Å². The maximum Gasteiger partial charge on any atom is 0.255 e. The van der Waals surface area contributed by atoms with Crippen LogP contribution < -0.4 is 5.32 Å². The molecular weight excluding hydrogens is 406 g/mol. The second kappa shape index (κ2) is 8.22. The minimum absolute atomic E-state index is 0.259. The Kier molecular flexibility index (Phi) is 5.67. The van der Waals surface area contributed by atoms with Gasteiger partial charge in [-0.25, -0.2) is 13.4 Å². The van der Waals surface area contributed by atoms with Crippen molar-refractivity contribution >= 4 is 43.2 Å². The number of aromatic nitrogens is 1. The van der Waals surface area contributed by atoms with E-state index in [0.29, 0.717) is 29.9 Å². The van der Waals surface area contributed by atoms with Gasteiger partial charge in [0.25, 0.3) is 5.91 Å². The van der Waals surface area contributed by atoms with Gasteiger partial charge in [0.1, 0.15) is 0 Å². The molecule has 1 amide bonds. The van der Waals surface area contributed by atoms with Crippen LogP contribution in [0.1, 0.15) is 41.6 Å². The van der Waals surface area contributed by atoms with Crippen molar-refractivity contribution in [2.45, 2.75) is 37.5 Å². The number of hydrogen-bond acceptors (Lipinski definition) is 5. The molecule has 0 unspecified atom stereocenters. The number of nitrogens with one attached hydrogen (secondary N) is 1. The van der Waals surface area contributed by atoms with E-state index in [1.807, 2.05) is 6.07 Å². The molecule has 1 aliphatic heterocycles. The van der Waals surface area contributed by atoms with E-state index < -0.39 is 10.0 Å². The normalized spacial score (nSPS) is 15.9. The fraction of sp³-hybridized carbons (Fsp3) is 0.333. The van der Waals surface area contributed by atoms with Crippen LogP contribution in [0, 0.1) is 6.92 Å².